The van der Waals surface area contributed by atoms with Crippen molar-refractivity contribution >= 4 is 29.0 Å². The fourth-order valence-corrected chi connectivity index (χ4v) is 6.01. The molecule has 10 heteroatoms. The molecule has 0 radical (unpaired) electrons. The minimum atomic E-state index is -0.440. The van der Waals surface area contributed by atoms with Crippen molar-refractivity contribution in [3.8, 4) is 11.5 Å². The molecular weight excluding hydrogens is 570 g/mol. The summed E-state index contributed by atoms with van der Waals surface area (Å²) in [6.45, 7) is 6.62. The molecule has 0 spiro atoms. The van der Waals surface area contributed by atoms with Gasteiger partial charge in [0.25, 0.3) is 5.91 Å². The molecule has 2 heterocycles. The molecule has 3 amide bonds. The average molecular weight is 616 g/mol. The largest absolute Gasteiger partial charge is 0.497 e. The fraction of sp³-hybridized carbons (Fsp3) is 0.429. The van der Waals surface area contributed by atoms with Gasteiger partial charge in [0, 0.05) is 50.2 Å². The Morgan fingerprint density at radius 2 is 1.67 bits per heavy atom. The third-order valence-corrected chi connectivity index (χ3v) is 8.52. The number of benzene rings is 3. The summed E-state index contributed by atoms with van der Waals surface area (Å²) in [5.74, 6) is 1.57. The normalized spacial score (nSPS) is 15.7. The Kier molecular flexibility index (Phi) is 11.5. The van der Waals surface area contributed by atoms with E-state index in [4.69, 9.17) is 14.2 Å². The predicted molar refractivity (Wildman–Crippen MR) is 178 cm³/mol. The highest BCUT2D eigenvalue weighted by molar-refractivity contribution is 6.04. The molecule has 0 unspecified atom stereocenters. The van der Waals surface area contributed by atoms with Crippen molar-refractivity contribution in [1.29, 1.82) is 0 Å². The molecule has 3 aromatic rings. The van der Waals surface area contributed by atoms with Crippen LogP contribution in [0, 0.1) is 5.92 Å². The molecule has 2 aliphatic rings. The summed E-state index contributed by atoms with van der Waals surface area (Å²) in [7, 11) is 3.11. The molecule has 0 bridgehead atoms. The number of carbonyl (C=O) groups excluding carboxylic acids is 2. The maximum atomic E-state index is 13.6. The molecule has 0 atom stereocenters. The lowest BCUT2D eigenvalue weighted by Crippen LogP contribution is -2.38. The van der Waals surface area contributed by atoms with Gasteiger partial charge in [0.15, 0.2) is 0 Å². The van der Waals surface area contributed by atoms with Crippen molar-refractivity contribution in [2.45, 2.75) is 25.7 Å². The first-order valence-electron chi connectivity index (χ1n) is 15.8. The Morgan fingerprint density at radius 1 is 0.889 bits per heavy atom. The Hall–Kier alpha value is -4.28. The van der Waals surface area contributed by atoms with Gasteiger partial charge in [-0.05, 0) is 74.0 Å². The standard InChI is InChI=1S/C35H45N5O5/c1-43-29-10-11-31(33(25-29)44-2)38-35(42)37-28-9-12-32(40-17-13-27(14-18-40)23-26-7-4-3-5-8-26)30(24-28)34(41)36-15-6-16-39-19-21-45-22-20-39/h3-5,7-12,24-25,27H,6,13-23H2,1-2H3,(H,36,41)(H2,37,38,42). The first-order chi connectivity index (χ1) is 22.0. The summed E-state index contributed by atoms with van der Waals surface area (Å²) in [6, 6.07) is 20.9. The Morgan fingerprint density at radius 3 is 2.40 bits per heavy atom. The van der Waals surface area contributed by atoms with Gasteiger partial charge in [0.1, 0.15) is 11.5 Å². The highest BCUT2D eigenvalue weighted by Crippen LogP contribution is 2.31. The van der Waals surface area contributed by atoms with Gasteiger partial charge in [-0.1, -0.05) is 30.3 Å². The van der Waals surface area contributed by atoms with E-state index in [1.165, 1.54) is 12.7 Å². The number of nitrogens with one attached hydrogen (secondary N) is 3. The van der Waals surface area contributed by atoms with Crippen LogP contribution in [-0.2, 0) is 11.2 Å². The number of amides is 3. The van der Waals surface area contributed by atoms with E-state index < -0.39 is 6.03 Å². The molecule has 45 heavy (non-hydrogen) atoms. The number of nitrogens with zero attached hydrogens (tertiary/aromatic N) is 2. The highest BCUT2D eigenvalue weighted by atomic mass is 16.5. The van der Waals surface area contributed by atoms with E-state index in [2.05, 4.69) is 56.1 Å². The summed E-state index contributed by atoms with van der Waals surface area (Å²) in [5, 5.41) is 8.84. The number of carbonyl (C=O) groups is 2. The van der Waals surface area contributed by atoms with E-state index in [1.54, 1.807) is 31.4 Å². The number of hydrogen-bond acceptors (Lipinski definition) is 7. The topological polar surface area (TPSA) is 104 Å². The second kappa shape index (κ2) is 16.2. The van der Waals surface area contributed by atoms with Crippen molar-refractivity contribution in [1.82, 2.24) is 10.2 Å². The molecule has 2 aliphatic heterocycles. The summed E-state index contributed by atoms with van der Waals surface area (Å²) in [4.78, 5) is 31.3. The summed E-state index contributed by atoms with van der Waals surface area (Å²) < 4.78 is 16.1. The van der Waals surface area contributed by atoms with E-state index in [1.807, 2.05) is 12.1 Å². The van der Waals surface area contributed by atoms with Crippen LogP contribution in [0.1, 0.15) is 35.2 Å². The van der Waals surface area contributed by atoms with Crippen LogP contribution in [0.15, 0.2) is 66.7 Å². The molecule has 10 nitrogen and oxygen atoms in total. The van der Waals surface area contributed by atoms with Crippen LogP contribution < -0.4 is 30.3 Å². The number of piperidine rings is 1. The van der Waals surface area contributed by atoms with Crippen LogP contribution >= 0.6 is 0 Å². The third-order valence-electron chi connectivity index (χ3n) is 8.52. The van der Waals surface area contributed by atoms with Crippen molar-refractivity contribution in [2.75, 3.05) is 82.2 Å². The zero-order valence-electron chi connectivity index (χ0n) is 26.3. The van der Waals surface area contributed by atoms with E-state index >= 15 is 0 Å². The molecule has 2 saturated heterocycles. The van der Waals surface area contributed by atoms with Gasteiger partial charge in [-0.25, -0.2) is 4.79 Å². The van der Waals surface area contributed by atoms with Crippen LogP contribution in [0.2, 0.25) is 0 Å². The number of anilines is 3. The van der Waals surface area contributed by atoms with Crippen LogP contribution in [0.3, 0.4) is 0 Å². The molecule has 2 fully saturated rings. The predicted octanol–water partition coefficient (Wildman–Crippen LogP) is 5.26. The lowest BCUT2D eigenvalue weighted by Gasteiger charge is -2.35. The average Bonchev–Trinajstić information content (AvgIpc) is 3.08. The van der Waals surface area contributed by atoms with Crippen molar-refractivity contribution in [3.05, 3.63) is 77.9 Å². The Balaban J connectivity index is 1.25. The van der Waals surface area contributed by atoms with Crippen LogP contribution in [0.4, 0.5) is 21.9 Å². The lowest BCUT2D eigenvalue weighted by molar-refractivity contribution is 0.0374. The number of hydrogen-bond donors (Lipinski definition) is 3. The van der Waals surface area contributed by atoms with Gasteiger partial charge in [0.05, 0.1) is 38.7 Å². The number of urea groups is 1. The van der Waals surface area contributed by atoms with Gasteiger partial charge < -0.3 is 35.1 Å². The lowest BCUT2D eigenvalue weighted by atomic mass is 9.89. The zero-order chi connectivity index (χ0) is 31.4. The number of ether oxygens (including phenoxy) is 3. The molecule has 5 rings (SSSR count). The maximum Gasteiger partial charge on any atom is 0.323 e. The first-order valence-corrected chi connectivity index (χ1v) is 15.8. The molecule has 3 aromatic carbocycles. The molecular formula is C35H45N5O5. The molecule has 0 aliphatic carbocycles. The highest BCUT2D eigenvalue weighted by Gasteiger charge is 2.24. The minimum Gasteiger partial charge on any atom is -0.497 e. The smallest absolute Gasteiger partial charge is 0.323 e. The third kappa shape index (κ3) is 9.12. The quantitative estimate of drug-likeness (QED) is 0.239. The summed E-state index contributed by atoms with van der Waals surface area (Å²) >= 11 is 0. The molecule has 0 saturated carbocycles. The molecule has 3 N–H and O–H groups in total. The second-order valence-electron chi connectivity index (χ2n) is 11.6. The van der Waals surface area contributed by atoms with E-state index in [9.17, 15) is 9.59 Å². The Bertz CT molecular complexity index is 1400. The van der Waals surface area contributed by atoms with Crippen LogP contribution in [0.25, 0.3) is 0 Å². The maximum absolute atomic E-state index is 13.6. The number of morpholine rings is 1. The second-order valence-corrected chi connectivity index (χ2v) is 11.6. The first kappa shape index (κ1) is 32.1. The minimum absolute atomic E-state index is 0.140. The van der Waals surface area contributed by atoms with E-state index in [0.717, 1.165) is 77.3 Å². The van der Waals surface area contributed by atoms with E-state index in [-0.39, 0.29) is 5.91 Å². The van der Waals surface area contributed by atoms with Crippen LogP contribution in [-0.4, -0.2) is 83.5 Å². The van der Waals surface area contributed by atoms with Gasteiger partial charge in [-0.15, -0.1) is 0 Å². The molecule has 240 valence electrons. The van der Waals surface area contributed by atoms with Crippen molar-refractivity contribution in [2.24, 2.45) is 5.92 Å². The van der Waals surface area contributed by atoms with Gasteiger partial charge in [-0.2, -0.15) is 0 Å². The summed E-state index contributed by atoms with van der Waals surface area (Å²) in [6.07, 6.45) is 4.04. The van der Waals surface area contributed by atoms with E-state index in [0.29, 0.717) is 40.9 Å². The SMILES string of the molecule is COc1ccc(NC(=O)Nc2ccc(N3CCC(Cc4ccccc4)CC3)c(C(=O)NCCCN3CCOCC3)c2)c(OC)c1. The number of methoxy groups -OCH3 is 2. The summed E-state index contributed by atoms with van der Waals surface area (Å²) in [5.41, 5.74) is 3.85. The fourth-order valence-electron chi connectivity index (χ4n) is 6.01. The van der Waals surface area contributed by atoms with Crippen molar-refractivity contribution in [3.63, 3.8) is 0 Å². The van der Waals surface area contributed by atoms with Crippen molar-refractivity contribution < 1.29 is 23.8 Å². The zero-order valence-corrected chi connectivity index (χ0v) is 26.3. The number of rotatable bonds is 12. The van der Waals surface area contributed by atoms with Crippen LogP contribution in [0.5, 0.6) is 11.5 Å². The molecule has 0 aromatic heterocycles. The Labute approximate surface area is 266 Å². The monoisotopic (exact) mass is 615 g/mol. The van der Waals surface area contributed by atoms with Gasteiger partial charge >= 0.3 is 6.03 Å². The van der Waals surface area contributed by atoms with Gasteiger partial charge in [-0.3, -0.25) is 9.69 Å². The van der Waals surface area contributed by atoms with Gasteiger partial charge in [0.2, 0.25) is 0 Å².